The number of amides is 1. The van der Waals surface area contributed by atoms with E-state index in [1.807, 2.05) is 18.2 Å². The fraction of sp³-hybridized carbons (Fsp3) is 0.333. The van der Waals surface area contributed by atoms with Crippen LogP contribution in [0, 0.1) is 0 Å². The predicted molar refractivity (Wildman–Crippen MR) is 68.7 cm³/mol. The number of hydrogen-bond acceptors (Lipinski definition) is 4. The maximum atomic E-state index is 11.9. The highest BCUT2D eigenvalue weighted by atomic mass is 32.1. The summed E-state index contributed by atoms with van der Waals surface area (Å²) >= 11 is 4.97. The van der Waals surface area contributed by atoms with E-state index in [2.05, 4.69) is 10.6 Å². The molecule has 1 aromatic carbocycles. The van der Waals surface area contributed by atoms with E-state index in [-0.39, 0.29) is 5.91 Å². The van der Waals surface area contributed by atoms with E-state index in [1.54, 1.807) is 6.92 Å². The fourth-order valence-electron chi connectivity index (χ4n) is 2.10. The standard InChI is InChI=1S/C12H12N2O3S/c1-12(10(15)13-11(18)14-12)7-2-3-8-9(6-7)17-5-4-16-8/h2-3,6H,4-5H2,1H3,(H2,13,14,15,18). The third kappa shape index (κ3) is 1.60. The van der Waals surface area contributed by atoms with Gasteiger partial charge in [0.25, 0.3) is 5.91 Å². The fourth-order valence-corrected chi connectivity index (χ4v) is 2.40. The zero-order valence-corrected chi connectivity index (χ0v) is 10.6. The molecule has 0 aromatic heterocycles. The molecule has 0 aliphatic carbocycles. The van der Waals surface area contributed by atoms with Gasteiger partial charge in [0.15, 0.2) is 16.6 Å². The van der Waals surface area contributed by atoms with Crippen LogP contribution in [0.15, 0.2) is 18.2 Å². The van der Waals surface area contributed by atoms with Crippen LogP contribution in [0.3, 0.4) is 0 Å². The molecule has 1 atom stereocenters. The third-order valence-corrected chi connectivity index (χ3v) is 3.37. The Morgan fingerprint density at radius 3 is 2.67 bits per heavy atom. The van der Waals surface area contributed by atoms with Crippen molar-refractivity contribution < 1.29 is 14.3 Å². The average Bonchev–Trinajstić information content (AvgIpc) is 2.63. The van der Waals surface area contributed by atoms with Gasteiger partial charge in [-0.25, -0.2) is 0 Å². The molecule has 1 amide bonds. The summed E-state index contributed by atoms with van der Waals surface area (Å²) in [6, 6.07) is 5.47. The van der Waals surface area contributed by atoms with Crippen molar-refractivity contribution in [2.45, 2.75) is 12.5 Å². The van der Waals surface area contributed by atoms with E-state index >= 15 is 0 Å². The summed E-state index contributed by atoms with van der Waals surface area (Å²) in [4.78, 5) is 11.9. The maximum absolute atomic E-state index is 11.9. The number of thiocarbonyl (C=S) groups is 1. The first-order chi connectivity index (χ1) is 8.59. The molecule has 0 radical (unpaired) electrons. The molecule has 2 heterocycles. The van der Waals surface area contributed by atoms with E-state index in [1.165, 1.54) is 0 Å². The van der Waals surface area contributed by atoms with Crippen LogP contribution in [0.2, 0.25) is 0 Å². The van der Waals surface area contributed by atoms with Gasteiger partial charge in [-0.05, 0) is 36.8 Å². The van der Waals surface area contributed by atoms with Crippen LogP contribution in [0.1, 0.15) is 12.5 Å². The van der Waals surface area contributed by atoms with Crippen molar-refractivity contribution in [1.29, 1.82) is 0 Å². The summed E-state index contributed by atoms with van der Waals surface area (Å²) in [6.07, 6.45) is 0. The molecule has 0 saturated carbocycles. The van der Waals surface area contributed by atoms with Gasteiger partial charge in [-0.1, -0.05) is 6.07 Å². The van der Waals surface area contributed by atoms with Gasteiger partial charge in [0, 0.05) is 0 Å². The Kier molecular flexibility index (Phi) is 2.41. The molecule has 2 aliphatic heterocycles. The van der Waals surface area contributed by atoms with E-state index < -0.39 is 5.54 Å². The van der Waals surface area contributed by atoms with Gasteiger partial charge >= 0.3 is 0 Å². The minimum Gasteiger partial charge on any atom is -0.486 e. The summed E-state index contributed by atoms with van der Waals surface area (Å²) in [5.74, 6) is 1.20. The van der Waals surface area contributed by atoms with Crippen molar-refractivity contribution in [3.63, 3.8) is 0 Å². The smallest absolute Gasteiger partial charge is 0.256 e. The summed E-state index contributed by atoms with van der Waals surface area (Å²) < 4.78 is 11.0. The monoisotopic (exact) mass is 264 g/mol. The molecule has 0 bridgehead atoms. The van der Waals surface area contributed by atoms with Crippen LogP contribution >= 0.6 is 12.2 Å². The average molecular weight is 264 g/mol. The molecule has 1 unspecified atom stereocenters. The molecule has 2 N–H and O–H groups in total. The van der Waals surface area contributed by atoms with Gasteiger partial charge in [-0.15, -0.1) is 0 Å². The minimum atomic E-state index is -0.854. The lowest BCUT2D eigenvalue weighted by atomic mass is 9.92. The number of nitrogens with one attached hydrogen (secondary N) is 2. The lowest BCUT2D eigenvalue weighted by Crippen LogP contribution is -2.40. The predicted octanol–water partition coefficient (Wildman–Crippen LogP) is 0.677. The second-order valence-electron chi connectivity index (χ2n) is 4.39. The molecule has 6 heteroatoms. The van der Waals surface area contributed by atoms with Crippen LogP contribution in [0.4, 0.5) is 0 Å². The highest BCUT2D eigenvalue weighted by Gasteiger charge is 2.42. The number of rotatable bonds is 1. The van der Waals surface area contributed by atoms with Gasteiger partial charge in [-0.2, -0.15) is 0 Å². The molecule has 2 aliphatic rings. The molecule has 3 rings (SSSR count). The van der Waals surface area contributed by atoms with Gasteiger partial charge in [0.1, 0.15) is 18.8 Å². The zero-order chi connectivity index (χ0) is 12.8. The molecule has 1 fully saturated rings. The Morgan fingerprint density at radius 1 is 1.28 bits per heavy atom. The van der Waals surface area contributed by atoms with E-state index in [9.17, 15) is 4.79 Å². The number of benzene rings is 1. The van der Waals surface area contributed by atoms with Crippen LogP contribution < -0.4 is 20.1 Å². The number of carbonyl (C=O) groups excluding carboxylic acids is 1. The van der Waals surface area contributed by atoms with Gasteiger partial charge in [0.05, 0.1) is 0 Å². The molecule has 1 saturated heterocycles. The number of fused-ring (bicyclic) bond motifs is 1. The molecular formula is C12H12N2O3S. The molecule has 5 nitrogen and oxygen atoms in total. The van der Waals surface area contributed by atoms with Crippen LogP contribution in [-0.4, -0.2) is 24.2 Å². The topological polar surface area (TPSA) is 59.6 Å². The van der Waals surface area contributed by atoms with Crippen molar-refractivity contribution >= 4 is 23.2 Å². The normalized spacial score (nSPS) is 25.6. The van der Waals surface area contributed by atoms with E-state index in [0.717, 1.165) is 5.56 Å². The third-order valence-electron chi connectivity index (χ3n) is 3.16. The summed E-state index contributed by atoms with van der Waals surface area (Å²) in [6.45, 7) is 2.85. The molecule has 18 heavy (non-hydrogen) atoms. The Hall–Kier alpha value is -1.82. The van der Waals surface area contributed by atoms with Crippen molar-refractivity contribution in [2.75, 3.05) is 13.2 Å². The summed E-state index contributed by atoms with van der Waals surface area (Å²) in [5, 5.41) is 5.92. The van der Waals surface area contributed by atoms with E-state index in [0.29, 0.717) is 29.8 Å². The van der Waals surface area contributed by atoms with Crippen LogP contribution in [-0.2, 0) is 10.3 Å². The van der Waals surface area contributed by atoms with Gasteiger partial charge < -0.3 is 20.1 Å². The Morgan fingerprint density at radius 2 is 2.00 bits per heavy atom. The summed E-state index contributed by atoms with van der Waals surface area (Å²) in [5.41, 5.74) is -0.0588. The van der Waals surface area contributed by atoms with E-state index in [4.69, 9.17) is 21.7 Å². The quantitative estimate of drug-likeness (QED) is 0.730. The first-order valence-corrected chi connectivity index (χ1v) is 6.04. The van der Waals surface area contributed by atoms with Gasteiger partial charge in [0.2, 0.25) is 0 Å². The minimum absolute atomic E-state index is 0.163. The second kappa shape index (κ2) is 3.84. The van der Waals surface area contributed by atoms with Crippen molar-refractivity contribution in [1.82, 2.24) is 10.6 Å². The lowest BCUT2D eigenvalue weighted by Gasteiger charge is -2.25. The maximum Gasteiger partial charge on any atom is 0.256 e. The number of ether oxygens (including phenoxy) is 2. The Labute approximate surface area is 109 Å². The summed E-state index contributed by atoms with van der Waals surface area (Å²) in [7, 11) is 0. The molecule has 1 aromatic rings. The SMILES string of the molecule is CC1(c2ccc3c(c2)OCCO3)NC(=S)NC1=O. The van der Waals surface area contributed by atoms with Crippen molar-refractivity contribution in [3.05, 3.63) is 23.8 Å². The largest absolute Gasteiger partial charge is 0.486 e. The van der Waals surface area contributed by atoms with Gasteiger partial charge in [-0.3, -0.25) is 4.79 Å². The Bertz CT molecular complexity index is 546. The van der Waals surface area contributed by atoms with Crippen molar-refractivity contribution in [3.8, 4) is 11.5 Å². The first kappa shape index (κ1) is 11.3. The Balaban J connectivity index is 2.02. The van der Waals surface area contributed by atoms with Crippen LogP contribution in [0.25, 0.3) is 0 Å². The highest BCUT2D eigenvalue weighted by molar-refractivity contribution is 7.80. The highest BCUT2D eigenvalue weighted by Crippen LogP contribution is 2.35. The molecule has 0 spiro atoms. The molecular weight excluding hydrogens is 252 g/mol. The number of hydrogen-bond donors (Lipinski definition) is 2. The van der Waals surface area contributed by atoms with Crippen LogP contribution in [0.5, 0.6) is 11.5 Å². The number of carbonyl (C=O) groups is 1. The first-order valence-electron chi connectivity index (χ1n) is 5.63. The lowest BCUT2D eigenvalue weighted by molar-refractivity contribution is -0.123. The molecule has 94 valence electrons. The van der Waals surface area contributed by atoms with Crippen molar-refractivity contribution in [2.24, 2.45) is 0 Å². The second-order valence-corrected chi connectivity index (χ2v) is 4.80. The zero-order valence-electron chi connectivity index (χ0n) is 9.78.